The van der Waals surface area contributed by atoms with Gasteiger partial charge in [0.2, 0.25) is 5.91 Å². The van der Waals surface area contributed by atoms with Crippen LogP contribution in [-0.4, -0.2) is 35.1 Å². The number of nitrogens with one attached hydrogen (secondary N) is 2. The maximum Gasteiger partial charge on any atom is 0.337 e. The zero-order valence-corrected chi connectivity index (χ0v) is 9.36. The van der Waals surface area contributed by atoms with Crippen LogP contribution in [0.2, 0.25) is 0 Å². The lowest BCUT2D eigenvalue weighted by molar-refractivity contribution is -0.119. The Morgan fingerprint density at radius 2 is 2.24 bits per heavy atom. The summed E-state index contributed by atoms with van der Waals surface area (Å²) in [5.74, 6) is -0.989. The number of pyridine rings is 1. The van der Waals surface area contributed by atoms with Gasteiger partial charge in [0.05, 0.1) is 17.8 Å². The number of carbonyl (C=O) groups is 2. The van der Waals surface area contributed by atoms with E-state index < -0.39 is 5.97 Å². The second kappa shape index (κ2) is 5.69. The molecule has 0 fully saturated rings. The van der Waals surface area contributed by atoms with Crippen molar-refractivity contribution in [2.45, 2.75) is 6.92 Å². The molecular formula is C10H14N4O3. The first-order valence-corrected chi connectivity index (χ1v) is 5.04. The standard InChI is InChI=1S/C10H14N4O3/c1-2-12-8(15)5-14-9-7(11)3-6(4-13-9)10(16)17/h3-4H,2,5,11H2,1H3,(H,12,15)(H,13,14)(H,16,17). The number of nitrogens with two attached hydrogens (primary N) is 1. The summed E-state index contributed by atoms with van der Waals surface area (Å²) in [5.41, 5.74) is 5.79. The van der Waals surface area contributed by atoms with Crippen molar-refractivity contribution in [3.05, 3.63) is 17.8 Å². The quantitative estimate of drug-likeness (QED) is 0.569. The van der Waals surface area contributed by atoms with E-state index in [1.165, 1.54) is 12.3 Å². The lowest BCUT2D eigenvalue weighted by Gasteiger charge is -2.08. The predicted molar refractivity (Wildman–Crippen MR) is 62.8 cm³/mol. The normalized spacial score (nSPS) is 9.71. The van der Waals surface area contributed by atoms with Crippen LogP contribution in [0.3, 0.4) is 0 Å². The van der Waals surface area contributed by atoms with Gasteiger partial charge in [-0.2, -0.15) is 0 Å². The molecule has 0 radical (unpaired) electrons. The van der Waals surface area contributed by atoms with Crippen LogP contribution in [0.15, 0.2) is 12.3 Å². The second-order valence-corrected chi connectivity index (χ2v) is 3.27. The summed E-state index contributed by atoms with van der Waals surface area (Å²) in [6.07, 6.45) is 1.18. The molecule has 1 amide bonds. The van der Waals surface area contributed by atoms with E-state index in [-0.39, 0.29) is 23.7 Å². The number of likely N-dealkylation sites (N-methyl/N-ethyl adjacent to an activating group) is 1. The van der Waals surface area contributed by atoms with Gasteiger partial charge in [-0.15, -0.1) is 0 Å². The van der Waals surface area contributed by atoms with Crippen molar-refractivity contribution < 1.29 is 14.7 Å². The maximum absolute atomic E-state index is 11.2. The minimum absolute atomic E-state index is 0.00561. The van der Waals surface area contributed by atoms with Crippen LogP contribution in [0.25, 0.3) is 0 Å². The van der Waals surface area contributed by atoms with Crippen molar-refractivity contribution >= 4 is 23.4 Å². The van der Waals surface area contributed by atoms with Crippen LogP contribution < -0.4 is 16.4 Å². The Labute approximate surface area is 98.0 Å². The molecule has 0 aliphatic heterocycles. The third kappa shape index (κ3) is 3.63. The molecule has 0 unspecified atom stereocenters. The summed E-state index contributed by atoms with van der Waals surface area (Å²) < 4.78 is 0. The van der Waals surface area contributed by atoms with Crippen LogP contribution in [0.4, 0.5) is 11.5 Å². The van der Waals surface area contributed by atoms with Gasteiger partial charge in [0.15, 0.2) is 0 Å². The molecule has 0 bridgehead atoms. The number of carboxylic acids is 1. The summed E-state index contributed by atoms with van der Waals surface area (Å²) >= 11 is 0. The third-order valence-corrected chi connectivity index (χ3v) is 1.95. The van der Waals surface area contributed by atoms with E-state index >= 15 is 0 Å². The van der Waals surface area contributed by atoms with Gasteiger partial charge in [-0.05, 0) is 13.0 Å². The van der Waals surface area contributed by atoms with Crippen molar-refractivity contribution in [2.24, 2.45) is 0 Å². The lowest BCUT2D eigenvalue weighted by atomic mass is 10.2. The Morgan fingerprint density at radius 1 is 1.53 bits per heavy atom. The highest BCUT2D eigenvalue weighted by Crippen LogP contribution is 2.15. The zero-order chi connectivity index (χ0) is 12.8. The average Bonchev–Trinajstić information content (AvgIpc) is 2.27. The molecule has 1 heterocycles. The number of aromatic carboxylic acids is 1. The van der Waals surface area contributed by atoms with Crippen LogP contribution >= 0.6 is 0 Å². The number of carboxylic acid groups (broad SMARTS) is 1. The second-order valence-electron chi connectivity index (χ2n) is 3.27. The Kier molecular flexibility index (Phi) is 4.27. The molecule has 7 nitrogen and oxygen atoms in total. The van der Waals surface area contributed by atoms with Gasteiger partial charge in [0.25, 0.3) is 0 Å². The Morgan fingerprint density at radius 3 is 2.76 bits per heavy atom. The monoisotopic (exact) mass is 238 g/mol. The van der Waals surface area contributed by atoms with Crippen LogP contribution in [0, 0.1) is 0 Å². The number of hydrogen-bond donors (Lipinski definition) is 4. The maximum atomic E-state index is 11.2. The van der Waals surface area contributed by atoms with E-state index in [4.69, 9.17) is 10.8 Å². The first-order chi connectivity index (χ1) is 8.04. The van der Waals surface area contributed by atoms with E-state index in [1.54, 1.807) is 0 Å². The van der Waals surface area contributed by atoms with Crippen LogP contribution in [0.1, 0.15) is 17.3 Å². The first kappa shape index (κ1) is 12.8. The molecule has 0 aliphatic carbocycles. The van der Waals surface area contributed by atoms with Gasteiger partial charge in [-0.1, -0.05) is 0 Å². The molecular weight excluding hydrogens is 224 g/mol. The molecule has 0 aliphatic rings. The van der Waals surface area contributed by atoms with Gasteiger partial charge in [-0.3, -0.25) is 4.79 Å². The first-order valence-electron chi connectivity index (χ1n) is 5.04. The highest BCUT2D eigenvalue weighted by atomic mass is 16.4. The van der Waals surface area contributed by atoms with E-state index in [2.05, 4.69) is 15.6 Å². The molecule has 1 rings (SSSR count). The van der Waals surface area contributed by atoms with Gasteiger partial charge < -0.3 is 21.5 Å². The molecule has 17 heavy (non-hydrogen) atoms. The van der Waals surface area contributed by atoms with Crippen molar-refractivity contribution in [1.82, 2.24) is 10.3 Å². The summed E-state index contributed by atoms with van der Waals surface area (Å²) in [5, 5.41) is 14.0. The number of amides is 1. The fourth-order valence-electron chi connectivity index (χ4n) is 1.17. The molecule has 5 N–H and O–H groups in total. The Bertz CT molecular complexity index is 434. The smallest absolute Gasteiger partial charge is 0.337 e. The minimum atomic E-state index is -1.10. The molecule has 92 valence electrons. The molecule has 0 saturated heterocycles. The molecule has 0 saturated carbocycles. The molecule has 1 aromatic rings. The van der Waals surface area contributed by atoms with Gasteiger partial charge in [-0.25, -0.2) is 9.78 Å². The highest BCUT2D eigenvalue weighted by molar-refractivity contribution is 5.89. The Hall–Kier alpha value is -2.31. The number of rotatable bonds is 5. The van der Waals surface area contributed by atoms with Crippen LogP contribution in [0.5, 0.6) is 0 Å². The summed E-state index contributed by atoms with van der Waals surface area (Å²) in [6.45, 7) is 2.39. The number of nitrogens with zero attached hydrogens (tertiary/aromatic N) is 1. The lowest BCUT2D eigenvalue weighted by Crippen LogP contribution is -2.29. The number of anilines is 2. The molecule has 0 atom stereocenters. The van der Waals surface area contributed by atoms with Crippen molar-refractivity contribution in [3.63, 3.8) is 0 Å². The third-order valence-electron chi connectivity index (χ3n) is 1.95. The summed E-state index contributed by atoms with van der Waals surface area (Å²) in [7, 11) is 0. The van der Waals surface area contributed by atoms with E-state index in [1.807, 2.05) is 6.92 Å². The predicted octanol–water partition coefficient (Wildman–Crippen LogP) is -0.0900. The highest BCUT2D eigenvalue weighted by Gasteiger charge is 2.08. The van der Waals surface area contributed by atoms with Crippen molar-refractivity contribution in [2.75, 3.05) is 24.1 Å². The fraction of sp³-hybridized carbons (Fsp3) is 0.300. The largest absolute Gasteiger partial charge is 0.478 e. The SMILES string of the molecule is CCNC(=O)CNc1ncc(C(=O)O)cc1N. The minimum Gasteiger partial charge on any atom is -0.478 e. The summed E-state index contributed by atoms with van der Waals surface area (Å²) in [4.78, 5) is 25.6. The molecule has 7 heteroatoms. The van der Waals surface area contributed by atoms with E-state index in [9.17, 15) is 9.59 Å². The molecule has 1 aromatic heterocycles. The van der Waals surface area contributed by atoms with Gasteiger partial charge >= 0.3 is 5.97 Å². The number of aromatic nitrogens is 1. The zero-order valence-electron chi connectivity index (χ0n) is 9.36. The van der Waals surface area contributed by atoms with E-state index in [0.717, 1.165) is 0 Å². The number of carbonyl (C=O) groups excluding carboxylic acids is 1. The molecule has 0 aromatic carbocycles. The topological polar surface area (TPSA) is 117 Å². The van der Waals surface area contributed by atoms with E-state index in [0.29, 0.717) is 12.4 Å². The number of hydrogen-bond acceptors (Lipinski definition) is 5. The Balaban J connectivity index is 2.66. The number of nitrogen functional groups attached to an aromatic ring is 1. The summed E-state index contributed by atoms with van der Waals surface area (Å²) in [6, 6.07) is 1.29. The average molecular weight is 238 g/mol. The van der Waals surface area contributed by atoms with Gasteiger partial charge in [0, 0.05) is 12.7 Å². The van der Waals surface area contributed by atoms with Gasteiger partial charge in [0.1, 0.15) is 5.82 Å². The van der Waals surface area contributed by atoms with Crippen LogP contribution in [-0.2, 0) is 4.79 Å². The van der Waals surface area contributed by atoms with Crippen molar-refractivity contribution in [1.29, 1.82) is 0 Å². The molecule has 0 spiro atoms. The van der Waals surface area contributed by atoms with Crippen molar-refractivity contribution in [3.8, 4) is 0 Å². The fourth-order valence-corrected chi connectivity index (χ4v) is 1.17.